The summed E-state index contributed by atoms with van der Waals surface area (Å²) in [5, 5.41) is 3.61. The molecular formula is C14H27NO2S. The lowest BCUT2D eigenvalue weighted by molar-refractivity contribution is 0.306. The van der Waals surface area contributed by atoms with Gasteiger partial charge in [0.1, 0.15) is 0 Å². The highest BCUT2D eigenvalue weighted by Crippen LogP contribution is 2.34. The Morgan fingerprint density at radius 1 is 1.00 bits per heavy atom. The Bertz CT molecular complexity index is 375. The topological polar surface area (TPSA) is 46.2 Å². The van der Waals surface area contributed by atoms with Crippen molar-refractivity contribution in [1.29, 1.82) is 0 Å². The van der Waals surface area contributed by atoms with Crippen LogP contribution in [-0.4, -0.2) is 32.0 Å². The monoisotopic (exact) mass is 273 g/mol. The molecule has 2 atom stereocenters. The molecule has 1 N–H and O–H groups in total. The lowest BCUT2D eigenvalue weighted by atomic mass is 9.85. The van der Waals surface area contributed by atoms with E-state index >= 15 is 0 Å². The van der Waals surface area contributed by atoms with Crippen LogP contribution in [0.1, 0.15) is 58.8 Å². The predicted octanol–water partition coefficient (Wildman–Crippen LogP) is 2.51. The maximum atomic E-state index is 11.6. The van der Waals surface area contributed by atoms with Crippen molar-refractivity contribution in [1.82, 2.24) is 5.32 Å². The summed E-state index contributed by atoms with van der Waals surface area (Å²) in [6, 6.07) is 0.736. The minimum absolute atomic E-state index is 0.204. The first-order valence-corrected chi connectivity index (χ1v) is 9.15. The Morgan fingerprint density at radius 3 is 2.44 bits per heavy atom. The highest BCUT2D eigenvalue weighted by Gasteiger charge is 2.29. The first kappa shape index (κ1) is 14.3. The van der Waals surface area contributed by atoms with Gasteiger partial charge in [0, 0.05) is 12.1 Å². The van der Waals surface area contributed by atoms with Crippen molar-refractivity contribution in [2.45, 2.75) is 70.9 Å². The molecule has 1 saturated carbocycles. The molecule has 0 amide bonds. The molecule has 0 aromatic rings. The molecule has 2 unspecified atom stereocenters. The van der Waals surface area contributed by atoms with Crippen molar-refractivity contribution in [3.05, 3.63) is 0 Å². The van der Waals surface area contributed by atoms with Crippen LogP contribution in [0.25, 0.3) is 0 Å². The van der Waals surface area contributed by atoms with E-state index in [9.17, 15) is 8.42 Å². The van der Waals surface area contributed by atoms with Crippen molar-refractivity contribution in [3.63, 3.8) is 0 Å². The van der Waals surface area contributed by atoms with Crippen LogP contribution >= 0.6 is 0 Å². The molecule has 18 heavy (non-hydrogen) atoms. The van der Waals surface area contributed by atoms with Gasteiger partial charge in [0.25, 0.3) is 0 Å². The second-order valence-electron chi connectivity index (χ2n) is 6.91. The highest BCUT2D eigenvalue weighted by atomic mass is 32.2. The third-order valence-electron chi connectivity index (χ3n) is 4.51. The molecule has 1 heterocycles. The molecule has 2 aliphatic rings. The Kier molecular flexibility index (Phi) is 4.37. The van der Waals surface area contributed by atoms with Gasteiger partial charge in [-0.3, -0.25) is 0 Å². The van der Waals surface area contributed by atoms with Crippen molar-refractivity contribution in [2.75, 3.05) is 11.5 Å². The molecule has 2 fully saturated rings. The summed E-state index contributed by atoms with van der Waals surface area (Å²) < 4.78 is 23.3. The summed E-state index contributed by atoms with van der Waals surface area (Å²) >= 11 is 0. The van der Waals surface area contributed by atoms with Crippen LogP contribution in [0.3, 0.4) is 0 Å². The molecule has 1 saturated heterocycles. The van der Waals surface area contributed by atoms with E-state index in [1.165, 1.54) is 32.1 Å². The lowest BCUT2D eigenvalue weighted by Crippen LogP contribution is -2.45. The van der Waals surface area contributed by atoms with Crippen LogP contribution in [0.4, 0.5) is 0 Å². The van der Waals surface area contributed by atoms with Gasteiger partial charge in [0.05, 0.1) is 11.5 Å². The fourth-order valence-electron chi connectivity index (χ4n) is 3.32. The molecule has 0 spiro atoms. The van der Waals surface area contributed by atoms with E-state index in [2.05, 4.69) is 19.2 Å². The van der Waals surface area contributed by atoms with Gasteiger partial charge in [0.15, 0.2) is 9.84 Å². The fourth-order valence-corrected chi connectivity index (χ4v) is 4.96. The van der Waals surface area contributed by atoms with Gasteiger partial charge < -0.3 is 5.32 Å². The summed E-state index contributed by atoms with van der Waals surface area (Å²) in [7, 11) is -2.78. The molecular weight excluding hydrogens is 246 g/mol. The molecule has 106 valence electrons. The van der Waals surface area contributed by atoms with Crippen LogP contribution in [-0.2, 0) is 9.84 Å². The van der Waals surface area contributed by atoms with Crippen LogP contribution in [0.5, 0.6) is 0 Å². The van der Waals surface area contributed by atoms with Crippen LogP contribution in [0.2, 0.25) is 0 Å². The van der Waals surface area contributed by atoms with Crippen LogP contribution in [0, 0.1) is 5.41 Å². The number of sulfone groups is 1. The van der Waals surface area contributed by atoms with E-state index in [0.717, 1.165) is 12.8 Å². The standard InChI is InChI=1S/C14H27NO2S/c1-14(2)8-3-5-12(7-9-14)15-13-6-4-10-18(16,17)11-13/h12-13,15H,3-11H2,1-2H3. The normalized spacial score (nSPS) is 35.9. The van der Waals surface area contributed by atoms with Crippen LogP contribution < -0.4 is 5.32 Å². The Morgan fingerprint density at radius 2 is 1.72 bits per heavy atom. The van der Waals surface area contributed by atoms with Crippen LogP contribution in [0.15, 0.2) is 0 Å². The molecule has 0 aromatic carbocycles. The van der Waals surface area contributed by atoms with E-state index in [1.807, 2.05) is 0 Å². The molecule has 4 heteroatoms. The fraction of sp³-hybridized carbons (Fsp3) is 1.00. The Labute approximate surface area is 112 Å². The molecule has 1 aliphatic carbocycles. The van der Waals surface area contributed by atoms with Gasteiger partial charge in [-0.2, -0.15) is 0 Å². The summed E-state index contributed by atoms with van der Waals surface area (Å²) in [5.41, 5.74) is 0.467. The minimum Gasteiger partial charge on any atom is -0.310 e. The highest BCUT2D eigenvalue weighted by molar-refractivity contribution is 7.91. The zero-order valence-corrected chi connectivity index (χ0v) is 12.6. The molecule has 0 aromatic heterocycles. The van der Waals surface area contributed by atoms with E-state index in [1.54, 1.807) is 0 Å². The zero-order chi connectivity index (χ0) is 13.2. The van der Waals surface area contributed by atoms with E-state index < -0.39 is 9.84 Å². The van der Waals surface area contributed by atoms with Gasteiger partial charge in [-0.1, -0.05) is 20.3 Å². The number of nitrogens with one attached hydrogen (secondary N) is 1. The third kappa shape index (κ3) is 4.23. The van der Waals surface area contributed by atoms with Gasteiger partial charge in [-0.25, -0.2) is 8.42 Å². The molecule has 2 rings (SSSR count). The summed E-state index contributed by atoms with van der Waals surface area (Å²) in [6.07, 6.45) is 8.09. The van der Waals surface area contributed by atoms with Crippen molar-refractivity contribution in [3.8, 4) is 0 Å². The first-order valence-electron chi connectivity index (χ1n) is 7.33. The predicted molar refractivity (Wildman–Crippen MR) is 75.5 cm³/mol. The lowest BCUT2D eigenvalue weighted by Gasteiger charge is -2.28. The average Bonchev–Trinajstić information content (AvgIpc) is 2.39. The average molecular weight is 273 g/mol. The summed E-state index contributed by atoms with van der Waals surface area (Å²) in [6.45, 7) is 4.70. The second-order valence-corrected chi connectivity index (χ2v) is 9.14. The first-order chi connectivity index (χ1) is 8.36. The zero-order valence-electron chi connectivity index (χ0n) is 11.7. The molecule has 3 nitrogen and oxygen atoms in total. The largest absolute Gasteiger partial charge is 0.310 e. The van der Waals surface area contributed by atoms with E-state index in [-0.39, 0.29) is 6.04 Å². The smallest absolute Gasteiger partial charge is 0.151 e. The van der Waals surface area contributed by atoms with E-state index in [0.29, 0.717) is 23.0 Å². The minimum atomic E-state index is -2.78. The summed E-state index contributed by atoms with van der Waals surface area (Å²) in [4.78, 5) is 0. The van der Waals surface area contributed by atoms with Gasteiger partial charge >= 0.3 is 0 Å². The van der Waals surface area contributed by atoms with Crippen molar-refractivity contribution < 1.29 is 8.42 Å². The quantitative estimate of drug-likeness (QED) is 0.786. The maximum Gasteiger partial charge on any atom is 0.151 e. The third-order valence-corrected chi connectivity index (χ3v) is 6.33. The number of rotatable bonds is 2. The molecule has 0 radical (unpaired) electrons. The van der Waals surface area contributed by atoms with E-state index in [4.69, 9.17) is 0 Å². The number of hydrogen-bond donors (Lipinski definition) is 1. The maximum absolute atomic E-state index is 11.6. The van der Waals surface area contributed by atoms with Gasteiger partial charge in [-0.15, -0.1) is 0 Å². The number of hydrogen-bond acceptors (Lipinski definition) is 3. The SMILES string of the molecule is CC1(C)CCCC(NC2CCCS(=O)(=O)C2)CC1. The van der Waals surface area contributed by atoms with Gasteiger partial charge in [0.2, 0.25) is 0 Å². The Hall–Kier alpha value is -0.0900. The second kappa shape index (κ2) is 5.49. The molecule has 1 aliphatic heterocycles. The summed E-state index contributed by atoms with van der Waals surface area (Å²) in [5.74, 6) is 0.746. The van der Waals surface area contributed by atoms with Crippen molar-refractivity contribution in [2.24, 2.45) is 5.41 Å². The Balaban J connectivity index is 1.86. The van der Waals surface area contributed by atoms with Gasteiger partial charge in [-0.05, 0) is 43.9 Å². The molecule has 0 bridgehead atoms. The van der Waals surface area contributed by atoms with Crippen molar-refractivity contribution >= 4 is 9.84 Å².